The molecular weight excluding hydrogens is 382 g/mol. The van der Waals surface area contributed by atoms with Gasteiger partial charge in [-0.1, -0.05) is 18.7 Å². The van der Waals surface area contributed by atoms with Crippen LogP contribution in [0.25, 0.3) is 10.2 Å². The molecule has 26 heavy (non-hydrogen) atoms. The van der Waals surface area contributed by atoms with E-state index in [4.69, 9.17) is 0 Å². The standard InChI is InChI=1S/C19H21N3OS3/c1-12-3-4-14-15(7-12)26-19-17(14)18(20-11-21-19)25-10-16(23)22(2)8-13-5-6-24-9-13/h5-6,9,11-12H,3-4,7-8,10H2,1-2H3/t12-/m0/s1. The maximum absolute atomic E-state index is 12.5. The van der Waals surface area contributed by atoms with Crippen LogP contribution in [0.4, 0.5) is 0 Å². The maximum Gasteiger partial charge on any atom is 0.233 e. The lowest BCUT2D eigenvalue weighted by Gasteiger charge is -2.18. The van der Waals surface area contributed by atoms with Gasteiger partial charge in [-0.15, -0.1) is 11.3 Å². The number of hydrogen-bond acceptors (Lipinski definition) is 6. The molecular formula is C19H21N3OS3. The SMILES string of the molecule is C[C@H]1CCc2c(sc3ncnc(SCC(=O)N(C)Cc4ccsc4)c23)C1. The van der Waals surface area contributed by atoms with Crippen LogP contribution in [-0.4, -0.2) is 33.6 Å². The van der Waals surface area contributed by atoms with Gasteiger partial charge in [0.2, 0.25) is 5.91 Å². The lowest BCUT2D eigenvalue weighted by Crippen LogP contribution is -2.27. The van der Waals surface area contributed by atoms with Crippen molar-refractivity contribution < 1.29 is 4.79 Å². The van der Waals surface area contributed by atoms with Crippen molar-refractivity contribution >= 4 is 50.6 Å². The number of thiophene rings is 2. The summed E-state index contributed by atoms with van der Waals surface area (Å²) < 4.78 is 0. The van der Waals surface area contributed by atoms with E-state index in [1.54, 1.807) is 45.7 Å². The first-order chi connectivity index (χ1) is 12.6. The van der Waals surface area contributed by atoms with Gasteiger partial charge in [0.25, 0.3) is 0 Å². The second-order valence-corrected chi connectivity index (χ2v) is 9.71. The number of aromatic nitrogens is 2. The summed E-state index contributed by atoms with van der Waals surface area (Å²) in [6.07, 6.45) is 5.10. The van der Waals surface area contributed by atoms with Gasteiger partial charge in [0.05, 0.1) is 5.75 Å². The summed E-state index contributed by atoms with van der Waals surface area (Å²) in [4.78, 5) is 25.8. The van der Waals surface area contributed by atoms with Crippen molar-refractivity contribution in [3.63, 3.8) is 0 Å². The van der Waals surface area contributed by atoms with Gasteiger partial charge >= 0.3 is 0 Å². The molecule has 1 amide bonds. The molecule has 0 fully saturated rings. The first-order valence-corrected chi connectivity index (χ1v) is 11.5. The summed E-state index contributed by atoms with van der Waals surface area (Å²) >= 11 is 5.01. The van der Waals surface area contributed by atoms with Crippen LogP contribution in [0.2, 0.25) is 0 Å². The summed E-state index contributed by atoms with van der Waals surface area (Å²) in [6, 6.07) is 2.06. The van der Waals surface area contributed by atoms with E-state index in [-0.39, 0.29) is 5.91 Å². The molecule has 4 rings (SSSR count). The fourth-order valence-corrected chi connectivity index (χ4v) is 6.38. The first-order valence-electron chi connectivity index (χ1n) is 8.75. The zero-order valence-electron chi connectivity index (χ0n) is 14.9. The molecule has 1 aliphatic rings. The number of carbonyl (C=O) groups excluding carboxylic acids is 1. The van der Waals surface area contributed by atoms with Gasteiger partial charge in [-0.25, -0.2) is 9.97 Å². The van der Waals surface area contributed by atoms with Crippen LogP contribution in [0.1, 0.15) is 29.3 Å². The predicted octanol–water partition coefficient (Wildman–Crippen LogP) is 4.63. The summed E-state index contributed by atoms with van der Waals surface area (Å²) in [5, 5.41) is 6.28. The molecule has 1 atom stereocenters. The fourth-order valence-electron chi connectivity index (χ4n) is 3.34. The molecule has 0 spiro atoms. The number of thioether (sulfide) groups is 1. The number of rotatable bonds is 5. The van der Waals surface area contributed by atoms with E-state index >= 15 is 0 Å². The molecule has 0 aliphatic heterocycles. The number of amides is 1. The minimum Gasteiger partial charge on any atom is -0.341 e. The average Bonchev–Trinajstić information content (AvgIpc) is 3.26. The molecule has 0 aromatic carbocycles. The highest BCUT2D eigenvalue weighted by molar-refractivity contribution is 8.00. The quantitative estimate of drug-likeness (QED) is 0.460. The van der Waals surface area contributed by atoms with Crippen LogP contribution in [0.15, 0.2) is 28.2 Å². The number of hydrogen-bond donors (Lipinski definition) is 0. The van der Waals surface area contributed by atoms with Crippen LogP contribution in [0.3, 0.4) is 0 Å². The Labute approximate surface area is 165 Å². The highest BCUT2D eigenvalue weighted by Gasteiger charge is 2.23. The van der Waals surface area contributed by atoms with Gasteiger partial charge in [0, 0.05) is 23.9 Å². The second kappa shape index (κ2) is 7.66. The molecule has 0 unspecified atom stereocenters. The van der Waals surface area contributed by atoms with Gasteiger partial charge in [-0.3, -0.25) is 4.79 Å². The molecule has 0 radical (unpaired) electrons. The molecule has 3 heterocycles. The van der Waals surface area contributed by atoms with Crippen LogP contribution in [0.5, 0.6) is 0 Å². The van der Waals surface area contributed by atoms with Crippen LogP contribution < -0.4 is 0 Å². The Morgan fingerprint density at radius 3 is 3.12 bits per heavy atom. The van der Waals surface area contributed by atoms with Gasteiger partial charge in [-0.05, 0) is 53.1 Å². The predicted molar refractivity (Wildman–Crippen MR) is 110 cm³/mol. The first kappa shape index (κ1) is 17.9. The largest absolute Gasteiger partial charge is 0.341 e. The normalized spacial score (nSPS) is 16.6. The van der Waals surface area contributed by atoms with E-state index in [2.05, 4.69) is 28.3 Å². The van der Waals surface area contributed by atoms with Crippen molar-refractivity contribution in [1.29, 1.82) is 0 Å². The number of aryl methyl sites for hydroxylation is 1. The molecule has 136 valence electrons. The van der Waals surface area contributed by atoms with E-state index in [1.807, 2.05) is 12.4 Å². The Bertz CT molecular complexity index is 920. The smallest absolute Gasteiger partial charge is 0.233 e. The fraction of sp³-hybridized carbons (Fsp3) is 0.421. The van der Waals surface area contributed by atoms with E-state index in [9.17, 15) is 4.79 Å². The van der Waals surface area contributed by atoms with Crippen LogP contribution in [0, 0.1) is 5.92 Å². The highest BCUT2D eigenvalue weighted by atomic mass is 32.2. The monoisotopic (exact) mass is 403 g/mol. The third-order valence-electron chi connectivity index (χ3n) is 4.81. The third kappa shape index (κ3) is 3.66. The van der Waals surface area contributed by atoms with Gasteiger partial charge < -0.3 is 4.90 Å². The average molecular weight is 404 g/mol. The summed E-state index contributed by atoms with van der Waals surface area (Å²) in [5.74, 6) is 1.28. The van der Waals surface area contributed by atoms with Crippen molar-refractivity contribution in [2.75, 3.05) is 12.8 Å². The number of fused-ring (bicyclic) bond motifs is 3. The Morgan fingerprint density at radius 1 is 1.42 bits per heavy atom. The number of nitrogens with zero attached hydrogens (tertiary/aromatic N) is 3. The van der Waals surface area contributed by atoms with E-state index in [0.717, 1.165) is 28.6 Å². The zero-order chi connectivity index (χ0) is 18.1. The highest BCUT2D eigenvalue weighted by Crippen LogP contribution is 2.40. The molecule has 3 aromatic rings. The summed E-state index contributed by atoms with van der Waals surface area (Å²) in [5.41, 5.74) is 2.60. The van der Waals surface area contributed by atoms with E-state index < -0.39 is 0 Å². The zero-order valence-corrected chi connectivity index (χ0v) is 17.3. The molecule has 1 aliphatic carbocycles. The van der Waals surface area contributed by atoms with Gasteiger partial charge in [0.1, 0.15) is 16.2 Å². The summed E-state index contributed by atoms with van der Waals surface area (Å²) in [7, 11) is 1.87. The van der Waals surface area contributed by atoms with E-state index in [1.165, 1.54) is 27.8 Å². The minimum atomic E-state index is 0.130. The summed E-state index contributed by atoms with van der Waals surface area (Å²) in [6.45, 7) is 2.98. The van der Waals surface area contributed by atoms with Crippen LogP contribution in [-0.2, 0) is 24.2 Å². The molecule has 0 bridgehead atoms. The van der Waals surface area contributed by atoms with Crippen molar-refractivity contribution in [3.8, 4) is 0 Å². The van der Waals surface area contributed by atoms with Crippen molar-refractivity contribution in [3.05, 3.63) is 39.2 Å². The van der Waals surface area contributed by atoms with Crippen LogP contribution >= 0.6 is 34.4 Å². The minimum absolute atomic E-state index is 0.130. The van der Waals surface area contributed by atoms with Gasteiger partial charge in [0.15, 0.2) is 0 Å². The topological polar surface area (TPSA) is 46.1 Å². The maximum atomic E-state index is 12.5. The Balaban J connectivity index is 1.49. The van der Waals surface area contributed by atoms with Gasteiger partial charge in [-0.2, -0.15) is 11.3 Å². The lowest BCUT2D eigenvalue weighted by molar-refractivity contribution is -0.127. The Kier molecular flexibility index (Phi) is 5.29. The van der Waals surface area contributed by atoms with Crippen molar-refractivity contribution in [1.82, 2.24) is 14.9 Å². The molecule has 0 N–H and O–H groups in total. The van der Waals surface area contributed by atoms with Crippen molar-refractivity contribution in [2.24, 2.45) is 5.92 Å². The third-order valence-corrected chi connectivity index (χ3v) is 7.68. The molecule has 7 heteroatoms. The number of carbonyl (C=O) groups is 1. The lowest BCUT2D eigenvalue weighted by atomic mass is 9.89. The van der Waals surface area contributed by atoms with Crippen molar-refractivity contribution in [2.45, 2.75) is 37.8 Å². The second-order valence-electron chi connectivity index (χ2n) is 6.88. The molecule has 0 saturated carbocycles. The Hall–Kier alpha value is -1.44. The molecule has 4 nitrogen and oxygen atoms in total. The molecule has 3 aromatic heterocycles. The Morgan fingerprint density at radius 2 is 2.31 bits per heavy atom. The molecule has 0 saturated heterocycles. The van der Waals surface area contributed by atoms with E-state index in [0.29, 0.717) is 12.3 Å².